The number of hydrogen-bond donors (Lipinski definition) is 13. The highest BCUT2D eigenvalue weighted by atomic mass is 16.4. The fourth-order valence-electron chi connectivity index (χ4n) is 7.22. The van der Waals surface area contributed by atoms with E-state index < -0.39 is 127 Å². The molecule has 396 valence electrons. The number of nitrogens with two attached hydrogens (primary N) is 3. The van der Waals surface area contributed by atoms with Gasteiger partial charge in [-0.25, -0.2) is 4.79 Å². The predicted octanol–water partition coefficient (Wildman–Crippen LogP) is -0.0361. The van der Waals surface area contributed by atoms with Crippen LogP contribution in [-0.4, -0.2) is 136 Å². The first kappa shape index (κ1) is 63.6. The van der Waals surface area contributed by atoms with Crippen LogP contribution in [0.25, 0.3) is 0 Å². The molecule has 16 N–H and O–H groups in total. The molecule has 0 saturated carbocycles. The van der Waals surface area contributed by atoms with Crippen LogP contribution in [0, 0.1) is 23.7 Å². The predicted molar refractivity (Wildman–Crippen MR) is 256 cm³/mol. The quantitative estimate of drug-likeness (QED) is 0.0363. The zero-order valence-electron chi connectivity index (χ0n) is 41.9. The number of unbranched alkanes of at least 4 members (excludes halogenated alkanes) is 2. The number of hydrogen-bond acceptors (Lipinski definition) is 13. The van der Waals surface area contributed by atoms with Crippen molar-refractivity contribution in [3.63, 3.8) is 0 Å². The van der Waals surface area contributed by atoms with Crippen molar-refractivity contribution in [2.75, 3.05) is 13.1 Å². The molecule has 69 heavy (non-hydrogen) atoms. The normalized spacial score (nSPS) is 14.9. The molecule has 23 nitrogen and oxygen atoms in total. The van der Waals surface area contributed by atoms with Crippen molar-refractivity contribution in [2.45, 2.75) is 194 Å². The molecule has 0 aliphatic rings. The van der Waals surface area contributed by atoms with E-state index in [9.17, 15) is 63.3 Å². The van der Waals surface area contributed by atoms with E-state index in [0.29, 0.717) is 32.2 Å². The Morgan fingerprint density at radius 1 is 0.362 bits per heavy atom. The van der Waals surface area contributed by atoms with Gasteiger partial charge in [0.25, 0.3) is 0 Å². The maximum atomic E-state index is 14.1. The van der Waals surface area contributed by atoms with E-state index in [1.165, 1.54) is 0 Å². The van der Waals surface area contributed by atoms with Gasteiger partial charge in [0.05, 0.1) is 6.04 Å². The molecule has 23 heteroatoms. The van der Waals surface area contributed by atoms with Crippen LogP contribution < -0.4 is 54.4 Å². The maximum Gasteiger partial charge on any atom is 0.326 e. The first-order chi connectivity index (χ1) is 32.2. The van der Waals surface area contributed by atoms with Gasteiger partial charge in [-0.05, 0) is 114 Å². The molecule has 0 heterocycles. The minimum atomic E-state index is -1.57. The summed E-state index contributed by atoms with van der Waals surface area (Å²) in [4.78, 5) is 131. The van der Waals surface area contributed by atoms with Gasteiger partial charge in [-0.1, -0.05) is 55.4 Å². The Hall–Kier alpha value is -5.42. The van der Waals surface area contributed by atoms with Crippen molar-refractivity contribution in [3.8, 4) is 0 Å². The van der Waals surface area contributed by atoms with Crippen LogP contribution in [0.3, 0.4) is 0 Å². The van der Waals surface area contributed by atoms with E-state index in [-0.39, 0.29) is 75.2 Å². The third-order valence-corrected chi connectivity index (χ3v) is 10.8. The van der Waals surface area contributed by atoms with Crippen LogP contribution in [-0.2, 0) is 47.9 Å². The van der Waals surface area contributed by atoms with Crippen molar-refractivity contribution in [3.05, 3.63) is 0 Å². The molecule has 0 saturated heterocycles. The van der Waals surface area contributed by atoms with E-state index in [2.05, 4.69) is 37.2 Å². The van der Waals surface area contributed by atoms with Gasteiger partial charge in [0, 0.05) is 12.8 Å². The van der Waals surface area contributed by atoms with Crippen LogP contribution in [0.4, 0.5) is 0 Å². The number of carbonyl (C=O) groups excluding carboxylic acids is 7. The summed E-state index contributed by atoms with van der Waals surface area (Å²) < 4.78 is 0. The molecule has 7 amide bonds. The smallest absolute Gasteiger partial charge is 0.326 e. The second-order valence-corrected chi connectivity index (χ2v) is 19.3. The molecular formula is C46H84N10O13. The molecular weight excluding hydrogens is 901 g/mol. The lowest BCUT2D eigenvalue weighted by molar-refractivity contribution is -0.142. The molecule has 0 aromatic heterocycles. The van der Waals surface area contributed by atoms with Gasteiger partial charge in [0.2, 0.25) is 41.4 Å². The fraction of sp³-hybridized carbons (Fsp3) is 0.783. The van der Waals surface area contributed by atoms with E-state index in [1.54, 1.807) is 27.7 Å². The Kier molecular flexibility index (Phi) is 31.3. The van der Waals surface area contributed by atoms with Gasteiger partial charge in [0.1, 0.15) is 42.3 Å². The topological polar surface area (TPSA) is 394 Å². The Balaban J connectivity index is 6.68. The summed E-state index contributed by atoms with van der Waals surface area (Å²) >= 11 is 0. The number of nitrogens with one attached hydrogen (secondary N) is 7. The summed E-state index contributed by atoms with van der Waals surface area (Å²) in [6, 6.07) is -10.3. The Labute approximate surface area is 406 Å². The largest absolute Gasteiger partial charge is 0.481 e. The molecule has 0 aliphatic heterocycles. The molecule has 0 unspecified atom stereocenters. The van der Waals surface area contributed by atoms with Crippen LogP contribution in [0.1, 0.15) is 145 Å². The summed E-state index contributed by atoms with van der Waals surface area (Å²) in [5.74, 6) is -10.1. The van der Waals surface area contributed by atoms with E-state index in [1.807, 2.05) is 27.7 Å². The second kappa shape index (κ2) is 34.0. The van der Waals surface area contributed by atoms with Gasteiger partial charge in [-0.3, -0.25) is 43.2 Å². The van der Waals surface area contributed by atoms with Crippen LogP contribution in [0.15, 0.2) is 0 Å². The van der Waals surface area contributed by atoms with Gasteiger partial charge in [0.15, 0.2) is 0 Å². The molecule has 0 radical (unpaired) electrons. The number of carboxylic acid groups (broad SMARTS) is 3. The molecule has 0 fully saturated rings. The number of rotatable bonds is 37. The highest BCUT2D eigenvalue weighted by Crippen LogP contribution is 2.14. The standard InChI is InChI=1S/C46H84N10O13/c1-25(2)21-29(49)39(61)50-31(15-17-37(57)58)41(63)55-35(23-27(5)6)44(66)52-32(16-18-38(59)60)42(64)56-34(22-26(3)4)43(65)51-30(13-9-11-19-47)40(62)54-36(24-28(7)8)45(67)53-33(46(68)69)14-10-12-20-48/h25-36H,9-24,47-49H2,1-8H3,(H,50,61)(H,51,65)(H,52,66)(H,53,67)(H,54,62)(H,55,63)(H,56,64)(H,57,58)(H,59,60)(H,68,69)/t29-,30-,31-,32-,33-,34-,35-,36-/m0/s1. The van der Waals surface area contributed by atoms with E-state index >= 15 is 0 Å². The first-order valence-electron chi connectivity index (χ1n) is 24.2. The summed E-state index contributed by atoms with van der Waals surface area (Å²) in [5, 5.41) is 46.7. The maximum absolute atomic E-state index is 14.1. The highest BCUT2D eigenvalue weighted by Gasteiger charge is 2.35. The molecule has 8 atom stereocenters. The molecule has 0 spiro atoms. The van der Waals surface area contributed by atoms with E-state index in [4.69, 9.17) is 17.2 Å². The lowest BCUT2D eigenvalue weighted by atomic mass is 9.99. The average Bonchev–Trinajstić information content (AvgIpc) is 3.23. The first-order valence-corrected chi connectivity index (χ1v) is 24.2. The van der Waals surface area contributed by atoms with Crippen LogP contribution in [0.5, 0.6) is 0 Å². The lowest BCUT2D eigenvalue weighted by Gasteiger charge is -2.29. The molecule has 0 rings (SSSR count). The molecule has 0 aromatic rings. The monoisotopic (exact) mass is 985 g/mol. The average molecular weight is 985 g/mol. The highest BCUT2D eigenvalue weighted by molar-refractivity contribution is 5.97. The van der Waals surface area contributed by atoms with Crippen molar-refractivity contribution < 1.29 is 63.3 Å². The number of amides is 7. The summed E-state index contributed by atoms with van der Waals surface area (Å²) in [7, 11) is 0. The third-order valence-electron chi connectivity index (χ3n) is 10.8. The van der Waals surface area contributed by atoms with Crippen molar-refractivity contribution in [1.82, 2.24) is 37.2 Å². The zero-order valence-corrected chi connectivity index (χ0v) is 41.9. The van der Waals surface area contributed by atoms with Crippen molar-refractivity contribution in [1.29, 1.82) is 0 Å². The Morgan fingerprint density at radius 2 is 0.623 bits per heavy atom. The van der Waals surface area contributed by atoms with Gasteiger partial charge in [-0.2, -0.15) is 0 Å². The van der Waals surface area contributed by atoms with Crippen LogP contribution in [0.2, 0.25) is 0 Å². The van der Waals surface area contributed by atoms with Crippen LogP contribution >= 0.6 is 0 Å². The van der Waals surface area contributed by atoms with Gasteiger partial charge in [-0.15, -0.1) is 0 Å². The SMILES string of the molecule is CC(C)C[C@H](NC(=O)[C@H](CCCCN)NC(=O)[C@H](CC(C)C)NC(=O)[C@H](CCC(=O)O)NC(=O)[C@H](CC(C)C)NC(=O)[C@H](CCC(=O)O)NC(=O)[C@@H](N)CC(C)C)C(=O)N[C@@H](CCCCN)C(=O)O. The number of carboxylic acids is 3. The molecule has 0 aliphatic carbocycles. The van der Waals surface area contributed by atoms with Gasteiger partial charge >= 0.3 is 17.9 Å². The van der Waals surface area contributed by atoms with Crippen molar-refractivity contribution in [2.24, 2.45) is 40.9 Å². The molecule has 0 bridgehead atoms. The zero-order chi connectivity index (χ0) is 53.0. The fourth-order valence-corrected chi connectivity index (χ4v) is 7.22. The van der Waals surface area contributed by atoms with E-state index in [0.717, 1.165) is 0 Å². The Morgan fingerprint density at radius 3 is 0.913 bits per heavy atom. The summed E-state index contributed by atoms with van der Waals surface area (Å²) in [5.41, 5.74) is 17.3. The summed E-state index contributed by atoms with van der Waals surface area (Å²) in [6.45, 7) is 14.9. The minimum Gasteiger partial charge on any atom is -0.481 e. The lowest BCUT2D eigenvalue weighted by Crippen LogP contribution is -2.60. The molecule has 0 aromatic carbocycles. The number of aliphatic carboxylic acids is 3. The third kappa shape index (κ3) is 28.0. The number of carbonyl (C=O) groups is 10. The summed E-state index contributed by atoms with van der Waals surface area (Å²) in [6.07, 6.45) is 0.518. The van der Waals surface area contributed by atoms with Gasteiger partial charge < -0.3 is 69.7 Å². The Bertz CT molecular complexity index is 1680. The second-order valence-electron chi connectivity index (χ2n) is 19.3. The van der Waals surface area contributed by atoms with Crippen molar-refractivity contribution >= 4 is 59.3 Å². The minimum absolute atomic E-state index is 0.00207.